The molecule has 0 fully saturated rings. The van der Waals surface area contributed by atoms with Gasteiger partial charge in [-0.05, 0) is 36.3 Å². The zero-order valence-corrected chi connectivity index (χ0v) is 12.2. The third kappa shape index (κ3) is 4.59. The second-order valence-corrected chi connectivity index (χ2v) is 4.96. The summed E-state index contributed by atoms with van der Waals surface area (Å²) in [5.74, 6) is -1.15. The lowest BCUT2D eigenvalue weighted by atomic mass is 10.1. The maximum Gasteiger partial charge on any atom is 0.335 e. The smallest absolute Gasteiger partial charge is 0.335 e. The first-order chi connectivity index (χ1) is 10.5. The van der Waals surface area contributed by atoms with E-state index in [0.717, 1.165) is 11.1 Å². The van der Waals surface area contributed by atoms with Crippen molar-refractivity contribution in [2.45, 2.75) is 13.5 Å². The Kier molecular flexibility index (Phi) is 5.09. The van der Waals surface area contributed by atoms with Crippen molar-refractivity contribution in [2.24, 2.45) is 0 Å². The molecule has 2 rings (SSSR count). The topological polar surface area (TPSA) is 66.4 Å². The Morgan fingerprint density at radius 2 is 1.68 bits per heavy atom. The molecule has 0 atom stereocenters. The number of hydrogen-bond donors (Lipinski definition) is 2. The first-order valence-corrected chi connectivity index (χ1v) is 6.89. The molecule has 22 heavy (non-hydrogen) atoms. The van der Waals surface area contributed by atoms with Crippen molar-refractivity contribution in [1.82, 2.24) is 5.32 Å². The van der Waals surface area contributed by atoms with E-state index in [1.54, 1.807) is 18.2 Å². The lowest BCUT2D eigenvalue weighted by Crippen LogP contribution is -2.20. The van der Waals surface area contributed by atoms with Crippen LogP contribution in [0.4, 0.5) is 0 Å². The molecular formula is C18H17NO3. The van der Waals surface area contributed by atoms with Crippen LogP contribution in [0.2, 0.25) is 0 Å². The number of carboxylic acid groups (broad SMARTS) is 1. The van der Waals surface area contributed by atoms with E-state index in [4.69, 9.17) is 5.11 Å². The van der Waals surface area contributed by atoms with Crippen molar-refractivity contribution < 1.29 is 14.7 Å². The van der Waals surface area contributed by atoms with E-state index in [-0.39, 0.29) is 11.5 Å². The number of hydrogen-bond acceptors (Lipinski definition) is 2. The fraction of sp³-hybridized carbons (Fsp3) is 0.111. The van der Waals surface area contributed by atoms with Crippen LogP contribution in [0.5, 0.6) is 0 Å². The van der Waals surface area contributed by atoms with Crippen LogP contribution in [-0.2, 0) is 11.3 Å². The predicted octanol–water partition coefficient (Wildman–Crippen LogP) is 3.02. The molecule has 4 nitrogen and oxygen atoms in total. The van der Waals surface area contributed by atoms with Crippen LogP contribution in [0.25, 0.3) is 6.08 Å². The summed E-state index contributed by atoms with van der Waals surface area (Å²) >= 11 is 0. The fourth-order valence-corrected chi connectivity index (χ4v) is 1.86. The van der Waals surface area contributed by atoms with E-state index in [2.05, 4.69) is 5.32 Å². The molecule has 0 saturated heterocycles. The summed E-state index contributed by atoms with van der Waals surface area (Å²) < 4.78 is 0. The molecule has 0 aliphatic carbocycles. The SMILES string of the molecule is Cc1ccc(C=CC(=O)NCc2ccc(C(=O)O)cc2)cc1. The number of rotatable bonds is 5. The van der Waals surface area contributed by atoms with Crippen LogP contribution >= 0.6 is 0 Å². The molecule has 2 aromatic carbocycles. The number of benzene rings is 2. The molecule has 2 aromatic rings. The molecule has 0 saturated carbocycles. The molecular weight excluding hydrogens is 278 g/mol. The summed E-state index contributed by atoms with van der Waals surface area (Å²) in [5.41, 5.74) is 3.22. The Morgan fingerprint density at radius 1 is 1.05 bits per heavy atom. The average molecular weight is 295 g/mol. The van der Waals surface area contributed by atoms with Crippen LogP contribution in [-0.4, -0.2) is 17.0 Å². The first-order valence-electron chi connectivity index (χ1n) is 6.89. The van der Waals surface area contributed by atoms with Crippen LogP contribution in [0.3, 0.4) is 0 Å². The van der Waals surface area contributed by atoms with Gasteiger partial charge in [-0.1, -0.05) is 42.0 Å². The van der Waals surface area contributed by atoms with Gasteiger partial charge in [-0.25, -0.2) is 4.79 Å². The normalized spacial score (nSPS) is 10.6. The van der Waals surface area contributed by atoms with Gasteiger partial charge in [0.25, 0.3) is 0 Å². The van der Waals surface area contributed by atoms with Crippen molar-refractivity contribution in [3.8, 4) is 0 Å². The zero-order valence-electron chi connectivity index (χ0n) is 12.2. The van der Waals surface area contributed by atoms with E-state index in [1.165, 1.54) is 23.8 Å². The Labute approximate surface area is 129 Å². The van der Waals surface area contributed by atoms with Crippen LogP contribution < -0.4 is 5.32 Å². The molecule has 112 valence electrons. The van der Waals surface area contributed by atoms with Crippen molar-refractivity contribution in [1.29, 1.82) is 0 Å². The van der Waals surface area contributed by atoms with Crippen molar-refractivity contribution in [3.63, 3.8) is 0 Å². The Balaban J connectivity index is 1.87. The Bertz CT molecular complexity index is 685. The minimum Gasteiger partial charge on any atom is -0.478 e. The van der Waals surface area contributed by atoms with Crippen LogP contribution in [0.1, 0.15) is 27.0 Å². The van der Waals surface area contributed by atoms with Crippen LogP contribution in [0.15, 0.2) is 54.6 Å². The maximum absolute atomic E-state index is 11.7. The quantitative estimate of drug-likeness (QED) is 0.833. The summed E-state index contributed by atoms with van der Waals surface area (Å²) in [5, 5.41) is 11.6. The first kappa shape index (κ1) is 15.5. The summed E-state index contributed by atoms with van der Waals surface area (Å²) in [6, 6.07) is 14.3. The molecule has 0 heterocycles. The maximum atomic E-state index is 11.7. The number of carboxylic acids is 1. The van der Waals surface area contributed by atoms with Crippen molar-refractivity contribution in [3.05, 3.63) is 76.9 Å². The van der Waals surface area contributed by atoms with Gasteiger partial charge >= 0.3 is 5.97 Å². The third-order valence-electron chi connectivity index (χ3n) is 3.17. The number of amides is 1. The molecule has 0 aliphatic rings. The predicted molar refractivity (Wildman–Crippen MR) is 85.5 cm³/mol. The van der Waals surface area contributed by atoms with E-state index >= 15 is 0 Å². The standard InChI is InChI=1S/C18H17NO3/c1-13-2-4-14(5-3-13)8-11-17(20)19-12-15-6-9-16(10-7-15)18(21)22/h2-11H,12H2,1H3,(H,19,20)(H,21,22). The Morgan fingerprint density at radius 3 is 2.27 bits per heavy atom. The van der Waals surface area contributed by atoms with Crippen molar-refractivity contribution in [2.75, 3.05) is 0 Å². The number of carbonyl (C=O) groups excluding carboxylic acids is 1. The second kappa shape index (κ2) is 7.22. The molecule has 4 heteroatoms. The lowest BCUT2D eigenvalue weighted by molar-refractivity contribution is -0.116. The molecule has 0 radical (unpaired) electrons. The van der Waals surface area contributed by atoms with Gasteiger partial charge in [0.05, 0.1) is 5.56 Å². The monoisotopic (exact) mass is 295 g/mol. The van der Waals surface area contributed by atoms with Gasteiger partial charge in [0.2, 0.25) is 5.91 Å². The van der Waals surface area contributed by atoms with Gasteiger partial charge < -0.3 is 10.4 Å². The van der Waals surface area contributed by atoms with E-state index in [9.17, 15) is 9.59 Å². The van der Waals surface area contributed by atoms with Gasteiger partial charge in [-0.3, -0.25) is 4.79 Å². The third-order valence-corrected chi connectivity index (χ3v) is 3.17. The molecule has 1 amide bonds. The molecule has 0 spiro atoms. The van der Waals surface area contributed by atoms with Gasteiger partial charge in [0.15, 0.2) is 0 Å². The molecule has 0 aromatic heterocycles. The number of aryl methyl sites for hydroxylation is 1. The van der Waals surface area contributed by atoms with Gasteiger partial charge in [-0.15, -0.1) is 0 Å². The summed E-state index contributed by atoms with van der Waals surface area (Å²) in [6.07, 6.45) is 3.23. The lowest BCUT2D eigenvalue weighted by Gasteiger charge is -2.03. The molecule has 0 unspecified atom stereocenters. The van der Waals surface area contributed by atoms with Crippen LogP contribution in [0, 0.1) is 6.92 Å². The zero-order chi connectivity index (χ0) is 15.9. The van der Waals surface area contributed by atoms with Gasteiger partial charge in [-0.2, -0.15) is 0 Å². The van der Waals surface area contributed by atoms with E-state index < -0.39 is 5.97 Å². The second-order valence-electron chi connectivity index (χ2n) is 4.96. The van der Waals surface area contributed by atoms with Gasteiger partial charge in [0, 0.05) is 12.6 Å². The highest BCUT2D eigenvalue weighted by Crippen LogP contribution is 2.06. The average Bonchev–Trinajstić information content (AvgIpc) is 2.52. The summed E-state index contributed by atoms with van der Waals surface area (Å²) in [4.78, 5) is 22.5. The molecule has 0 aliphatic heterocycles. The van der Waals surface area contributed by atoms with Gasteiger partial charge in [0.1, 0.15) is 0 Å². The highest BCUT2D eigenvalue weighted by molar-refractivity contribution is 5.91. The van der Waals surface area contributed by atoms with E-state index in [1.807, 2.05) is 31.2 Å². The molecule has 2 N–H and O–H groups in total. The minimum atomic E-state index is -0.961. The number of carbonyl (C=O) groups is 2. The summed E-state index contributed by atoms with van der Waals surface area (Å²) in [6.45, 7) is 2.37. The summed E-state index contributed by atoms with van der Waals surface area (Å²) in [7, 11) is 0. The minimum absolute atomic E-state index is 0.192. The number of aromatic carboxylic acids is 1. The highest BCUT2D eigenvalue weighted by atomic mass is 16.4. The molecule has 0 bridgehead atoms. The highest BCUT2D eigenvalue weighted by Gasteiger charge is 2.02. The van der Waals surface area contributed by atoms with Crippen molar-refractivity contribution >= 4 is 18.0 Å². The largest absolute Gasteiger partial charge is 0.478 e. The fourth-order valence-electron chi connectivity index (χ4n) is 1.86. The van der Waals surface area contributed by atoms with E-state index in [0.29, 0.717) is 6.54 Å². The number of nitrogens with one attached hydrogen (secondary N) is 1. The Hall–Kier alpha value is -2.88.